The molecule has 0 atom stereocenters. The highest BCUT2D eigenvalue weighted by Gasteiger charge is 1.94. The van der Waals surface area contributed by atoms with E-state index >= 15 is 0 Å². The highest BCUT2D eigenvalue weighted by Crippen LogP contribution is 2.11. The summed E-state index contributed by atoms with van der Waals surface area (Å²) in [6.07, 6.45) is 2.31. The minimum atomic E-state index is 0.659. The van der Waals surface area contributed by atoms with Gasteiger partial charge < -0.3 is 0 Å². The fraction of sp³-hybridized carbons (Fsp3) is 0.368. The van der Waals surface area contributed by atoms with Gasteiger partial charge in [0.05, 0.1) is 0 Å². The molecule has 0 aliphatic rings. The van der Waals surface area contributed by atoms with E-state index in [2.05, 4.69) is 76.2 Å². The van der Waals surface area contributed by atoms with Crippen LogP contribution in [0.2, 0.25) is 0 Å². The molecule has 0 aromatic heterocycles. The Balaban J connectivity index is 0.000000191. The minimum Gasteiger partial charge on any atom is -0.0622 e. The lowest BCUT2D eigenvalue weighted by Crippen LogP contribution is -1.88. The highest BCUT2D eigenvalue weighted by molar-refractivity contribution is 5.26. The third-order valence-electron chi connectivity index (χ3n) is 3.35. The molecule has 0 aliphatic carbocycles. The number of hydrogen-bond acceptors (Lipinski definition) is 0. The normalized spacial score (nSPS) is 9.95. The summed E-state index contributed by atoms with van der Waals surface area (Å²) in [6, 6.07) is 19.2. The van der Waals surface area contributed by atoms with Crippen molar-refractivity contribution in [2.45, 2.75) is 46.5 Å². The van der Waals surface area contributed by atoms with Crippen LogP contribution in [-0.4, -0.2) is 0 Å². The van der Waals surface area contributed by atoms with Crippen molar-refractivity contribution in [3.63, 3.8) is 0 Å². The van der Waals surface area contributed by atoms with Crippen LogP contribution in [0.25, 0.3) is 0 Å². The third kappa shape index (κ3) is 5.30. The first kappa shape index (κ1) is 15.5. The molecule has 102 valence electrons. The zero-order valence-corrected chi connectivity index (χ0v) is 12.7. The molecule has 0 heteroatoms. The first-order valence-electron chi connectivity index (χ1n) is 7.30. The van der Waals surface area contributed by atoms with Gasteiger partial charge in [0.2, 0.25) is 0 Å². The predicted molar refractivity (Wildman–Crippen MR) is 85.7 cm³/mol. The Bertz CT molecular complexity index is 431. The molecule has 19 heavy (non-hydrogen) atoms. The quantitative estimate of drug-likeness (QED) is 0.666. The maximum Gasteiger partial charge on any atom is -0.0219 e. The Kier molecular flexibility index (Phi) is 6.95. The van der Waals surface area contributed by atoms with Crippen molar-refractivity contribution in [2.24, 2.45) is 0 Å². The SMILES string of the molecule is CC(C)c1ccccc1.CCc1ccccc1CC. The van der Waals surface area contributed by atoms with Gasteiger partial charge in [-0.05, 0) is 35.4 Å². The van der Waals surface area contributed by atoms with Crippen LogP contribution >= 0.6 is 0 Å². The summed E-state index contributed by atoms with van der Waals surface area (Å²) in [5, 5.41) is 0. The van der Waals surface area contributed by atoms with Gasteiger partial charge >= 0.3 is 0 Å². The molecule has 0 nitrogen and oxygen atoms in total. The topological polar surface area (TPSA) is 0 Å². The van der Waals surface area contributed by atoms with Crippen LogP contribution in [0.1, 0.15) is 50.3 Å². The highest BCUT2D eigenvalue weighted by atomic mass is 14.0. The molecule has 2 aromatic carbocycles. The average molecular weight is 254 g/mol. The van der Waals surface area contributed by atoms with Crippen LogP contribution < -0.4 is 0 Å². The summed E-state index contributed by atoms with van der Waals surface area (Å²) in [4.78, 5) is 0. The van der Waals surface area contributed by atoms with Crippen molar-refractivity contribution >= 4 is 0 Å². The van der Waals surface area contributed by atoms with E-state index in [1.165, 1.54) is 16.7 Å². The fourth-order valence-corrected chi connectivity index (χ4v) is 2.09. The van der Waals surface area contributed by atoms with Crippen molar-refractivity contribution in [1.29, 1.82) is 0 Å². The molecule has 2 rings (SSSR count). The molecule has 0 saturated carbocycles. The largest absolute Gasteiger partial charge is 0.0622 e. The van der Waals surface area contributed by atoms with Crippen molar-refractivity contribution in [3.8, 4) is 0 Å². The Morgan fingerprint density at radius 2 is 1.11 bits per heavy atom. The summed E-state index contributed by atoms with van der Waals surface area (Å²) in [7, 11) is 0. The molecule has 0 radical (unpaired) electrons. The number of benzene rings is 2. The van der Waals surface area contributed by atoms with E-state index in [1.807, 2.05) is 6.07 Å². The third-order valence-corrected chi connectivity index (χ3v) is 3.35. The maximum absolute atomic E-state index is 2.21. The molecule has 0 saturated heterocycles. The van der Waals surface area contributed by atoms with Crippen LogP contribution in [0.4, 0.5) is 0 Å². The molecule has 0 heterocycles. The Morgan fingerprint density at radius 3 is 1.42 bits per heavy atom. The van der Waals surface area contributed by atoms with Gasteiger partial charge in [-0.1, -0.05) is 82.3 Å². The molecule has 0 fully saturated rings. The van der Waals surface area contributed by atoms with Gasteiger partial charge in [0, 0.05) is 0 Å². The van der Waals surface area contributed by atoms with E-state index in [0.717, 1.165) is 12.8 Å². The summed E-state index contributed by atoms with van der Waals surface area (Å²) >= 11 is 0. The first-order chi connectivity index (χ1) is 9.19. The summed E-state index contributed by atoms with van der Waals surface area (Å²) in [5.74, 6) is 0.659. The molecular weight excluding hydrogens is 228 g/mol. The lowest BCUT2D eigenvalue weighted by Gasteiger charge is -2.02. The summed E-state index contributed by atoms with van der Waals surface area (Å²) < 4.78 is 0. The first-order valence-corrected chi connectivity index (χ1v) is 7.30. The second-order valence-corrected chi connectivity index (χ2v) is 5.04. The number of rotatable bonds is 3. The van der Waals surface area contributed by atoms with Gasteiger partial charge in [-0.3, -0.25) is 0 Å². The Hall–Kier alpha value is -1.56. The van der Waals surface area contributed by atoms with E-state index in [9.17, 15) is 0 Å². The van der Waals surface area contributed by atoms with E-state index in [1.54, 1.807) is 0 Å². The standard InChI is InChI=1S/C10H14.C9H12/c1-3-9-7-5-6-8-10(9)4-2;1-8(2)9-6-4-3-5-7-9/h5-8H,3-4H2,1-2H3;3-8H,1-2H3. The Labute approximate surface area is 118 Å². The Morgan fingerprint density at radius 1 is 0.684 bits per heavy atom. The molecular formula is C19H26. The minimum absolute atomic E-state index is 0.659. The van der Waals surface area contributed by atoms with Crippen molar-refractivity contribution in [3.05, 3.63) is 71.3 Å². The smallest absolute Gasteiger partial charge is 0.0219 e. The molecule has 0 aliphatic heterocycles. The van der Waals surface area contributed by atoms with Gasteiger partial charge in [-0.2, -0.15) is 0 Å². The zero-order chi connectivity index (χ0) is 14.1. The second kappa shape index (κ2) is 8.53. The summed E-state index contributed by atoms with van der Waals surface area (Å²) in [6.45, 7) is 8.81. The van der Waals surface area contributed by atoms with Gasteiger partial charge in [-0.15, -0.1) is 0 Å². The molecule has 0 amide bonds. The van der Waals surface area contributed by atoms with E-state index in [-0.39, 0.29) is 0 Å². The van der Waals surface area contributed by atoms with Crippen molar-refractivity contribution in [1.82, 2.24) is 0 Å². The van der Waals surface area contributed by atoms with Crippen LogP contribution in [-0.2, 0) is 12.8 Å². The lowest BCUT2D eigenvalue weighted by atomic mass is 10.0. The van der Waals surface area contributed by atoms with Crippen molar-refractivity contribution in [2.75, 3.05) is 0 Å². The van der Waals surface area contributed by atoms with Crippen LogP contribution in [0.15, 0.2) is 54.6 Å². The summed E-state index contributed by atoms with van der Waals surface area (Å²) in [5.41, 5.74) is 4.40. The average Bonchev–Trinajstić information content (AvgIpc) is 2.48. The molecule has 0 spiro atoms. The predicted octanol–water partition coefficient (Wildman–Crippen LogP) is 5.62. The van der Waals surface area contributed by atoms with E-state index in [0.29, 0.717) is 5.92 Å². The van der Waals surface area contributed by atoms with Crippen LogP contribution in [0.3, 0.4) is 0 Å². The molecule has 0 N–H and O–H groups in total. The number of aryl methyl sites for hydroxylation is 2. The molecule has 0 bridgehead atoms. The lowest BCUT2D eigenvalue weighted by molar-refractivity contribution is 0.867. The van der Waals surface area contributed by atoms with Gasteiger partial charge in [0.1, 0.15) is 0 Å². The van der Waals surface area contributed by atoms with Gasteiger partial charge in [0.15, 0.2) is 0 Å². The van der Waals surface area contributed by atoms with E-state index in [4.69, 9.17) is 0 Å². The maximum atomic E-state index is 2.21. The number of hydrogen-bond donors (Lipinski definition) is 0. The van der Waals surface area contributed by atoms with Gasteiger partial charge in [0.25, 0.3) is 0 Å². The monoisotopic (exact) mass is 254 g/mol. The second-order valence-electron chi connectivity index (χ2n) is 5.04. The fourth-order valence-electron chi connectivity index (χ4n) is 2.09. The van der Waals surface area contributed by atoms with Crippen LogP contribution in [0.5, 0.6) is 0 Å². The van der Waals surface area contributed by atoms with Crippen molar-refractivity contribution < 1.29 is 0 Å². The van der Waals surface area contributed by atoms with E-state index < -0.39 is 0 Å². The molecule has 2 aromatic rings. The van der Waals surface area contributed by atoms with Gasteiger partial charge in [-0.25, -0.2) is 0 Å². The van der Waals surface area contributed by atoms with Crippen LogP contribution in [0, 0.1) is 0 Å². The zero-order valence-electron chi connectivity index (χ0n) is 12.7. The molecule has 0 unspecified atom stereocenters.